The molecular weight excluding hydrogens is 326 g/mol. The SMILES string of the molecule is Cc1cc(Br)cc(C(=O)NC(c2ccccc2)C2CC2)c1. The average Bonchev–Trinajstić information content (AvgIpc) is 3.29. The minimum Gasteiger partial charge on any atom is -0.345 e. The zero-order valence-corrected chi connectivity index (χ0v) is 13.6. The number of hydrogen-bond donors (Lipinski definition) is 1. The van der Waals surface area contributed by atoms with Crippen molar-refractivity contribution in [3.8, 4) is 0 Å². The summed E-state index contributed by atoms with van der Waals surface area (Å²) in [6.07, 6.45) is 2.38. The molecule has 3 rings (SSSR count). The summed E-state index contributed by atoms with van der Waals surface area (Å²) >= 11 is 3.45. The molecule has 1 amide bonds. The first-order valence-corrected chi connectivity index (χ1v) is 8.06. The Balaban J connectivity index is 1.81. The van der Waals surface area contributed by atoms with Gasteiger partial charge in [0, 0.05) is 10.0 Å². The monoisotopic (exact) mass is 343 g/mol. The Morgan fingerprint density at radius 1 is 1.19 bits per heavy atom. The first-order valence-electron chi connectivity index (χ1n) is 7.26. The molecular formula is C18H18BrNO. The topological polar surface area (TPSA) is 29.1 Å². The summed E-state index contributed by atoms with van der Waals surface area (Å²) < 4.78 is 0.940. The smallest absolute Gasteiger partial charge is 0.251 e. The van der Waals surface area contributed by atoms with Crippen LogP contribution < -0.4 is 5.32 Å². The average molecular weight is 344 g/mol. The van der Waals surface area contributed by atoms with Crippen molar-refractivity contribution >= 4 is 21.8 Å². The van der Waals surface area contributed by atoms with Gasteiger partial charge in [-0.05, 0) is 55.0 Å². The summed E-state index contributed by atoms with van der Waals surface area (Å²) in [5, 5.41) is 3.21. The molecule has 1 aliphatic rings. The molecule has 3 heteroatoms. The van der Waals surface area contributed by atoms with Crippen molar-refractivity contribution in [1.82, 2.24) is 5.32 Å². The normalized spacial score (nSPS) is 15.5. The van der Waals surface area contributed by atoms with E-state index in [2.05, 4.69) is 33.4 Å². The molecule has 0 spiro atoms. The zero-order valence-electron chi connectivity index (χ0n) is 12.0. The lowest BCUT2D eigenvalue weighted by atomic mass is 10.0. The Bertz CT molecular complexity index is 629. The highest BCUT2D eigenvalue weighted by Crippen LogP contribution is 2.41. The van der Waals surface area contributed by atoms with E-state index in [1.54, 1.807) is 0 Å². The Morgan fingerprint density at radius 2 is 1.90 bits per heavy atom. The molecule has 1 aliphatic carbocycles. The maximum atomic E-state index is 12.5. The highest BCUT2D eigenvalue weighted by molar-refractivity contribution is 9.10. The van der Waals surface area contributed by atoms with Crippen LogP contribution in [-0.2, 0) is 0 Å². The summed E-state index contributed by atoms with van der Waals surface area (Å²) in [5.74, 6) is 0.574. The minimum absolute atomic E-state index is 0.000142. The van der Waals surface area contributed by atoms with Gasteiger partial charge in [-0.2, -0.15) is 0 Å². The minimum atomic E-state index is 0.000142. The van der Waals surface area contributed by atoms with Gasteiger partial charge in [0.25, 0.3) is 5.91 Å². The first kappa shape index (κ1) is 14.3. The molecule has 1 saturated carbocycles. The van der Waals surface area contributed by atoms with Gasteiger partial charge in [-0.1, -0.05) is 46.3 Å². The van der Waals surface area contributed by atoms with Gasteiger partial charge < -0.3 is 5.32 Å². The molecule has 108 valence electrons. The van der Waals surface area contributed by atoms with Crippen molar-refractivity contribution in [1.29, 1.82) is 0 Å². The molecule has 0 radical (unpaired) electrons. The van der Waals surface area contributed by atoms with Crippen LogP contribution in [0.5, 0.6) is 0 Å². The number of carbonyl (C=O) groups is 1. The molecule has 2 aromatic rings. The fraction of sp³-hybridized carbons (Fsp3) is 0.278. The van der Waals surface area contributed by atoms with E-state index >= 15 is 0 Å². The Labute approximate surface area is 133 Å². The molecule has 1 N–H and O–H groups in total. The van der Waals surface area contributed by atoms with E-state index in [-0.39, 0.29) is 11.9 Å². The van der Waals surface area contributed by atoms with E-state index in [9.17, 15) is 4.79 Å². The third-order valence-electron chi connectivity index (χ3n) is 3.84. The largest absolute Gasteiger partial charge is 0.345 e. The predicted molar refractivity (Wildman–Crippen MR) is 88.3 cm³/mol. The Kier molecular flexibility index (Phi) is 4.11. The van der Waals surface area contributed by atoms with Gasteiger partial charge in [0.15, 0.2) is 0 Å². The molecule has 0 bridgehead atoms. The van der Waals surface area contributed by atoms with Crippen molar-refractivity contribution in [2.45, 2.75) is 25.8 Å². The lowest BCUT2D eigenvalue weighted by molar-refractivity contribution is 0.0931. The number of amides is 1. The Morgan fingerprint density at radius 3 is 2.52 bits per heavy atom. The lowest BCUT2D eigenvalue weighted by Gasteiger charge is -2.19. The van der Waals surface area contributed by atoms with Gasteiger partial charge in [-0.25, -0.2) is 0 Å². The van der Waals surface area contributed by atoms with Crippen molar-refractivity contribution < 1.29 is 4.79 Å². The van der Waals surface area contributed by atoms with Crippen LogP contribution in [0.15, 0.2) is 53.0 Å². The second kappa shape index (κ2) is 6.02. The van der Waals surface area contributed by atoms with Crippen LogP contribution in [0.1, 0.15) is 40.4 Å². The second-order valence-electron chi connectivity index (χ2n) is 5.72. The third-order valence-corrected chi connectivity index (χ3v) is 4.30. The van der Waals surface area contributed by atoms with E-state index in [1.807, 2.05) is 43.3 Å². The fourth-order valence-corrected chi connectivity index (χ4v) is 3.26. The molecule has 1 unspecified atom stereocenters. The van der Waals surface area contributed by atoms with Gasteiger partial charge >= 0.3 is 0 Å². The summed E-state index contributed by atoms with van der Waals surface area (Å²) in [5.41, 5.74) is 2.99. The fourth-order valence-electron chi connectivity index (χ4n) is 2.66. The predicted octanol–water partition coefficient (Wildman–Crippen LogP) is 4.64. The number of halogens is 1. The van der Waals surface area contributed by atoms with Crippen molar-refractivity contribution in [3.63, 3.8) is 0 Å². The van der Waals surface area contributed by atoms with E-state index < -0.39 is 0 Å². The lowest BCUT2D eigenvalue weighted by Crippen LogP contribution is -2.29. The summed E-state index contributed by atoms with van der Waals surface area (Å²) in [7, 11) is 0. The second-order valence-corrected chi connectivity index (χ2v) is 6.63. The molecule has 0 aliphatic heterocycles. The Hall–Kier alpha value is -1.61. The number of nitrogens with one attached hydrogen (secondary N) is 1. The molecule has 0 aromatic heterocycles. The third kappa shape index (κ3) is 3.53. The van der Waals surface area contributed by atoms with Crippen molar-refractivity contribution in [3.05, 3.63) is 69.7 Å². The standard InChI is InChI=1S/C18H18BrNO/c1-12-9-15(11-16(19)10-12)18(21)20-17(14-7-8-14)13-5-3-2-4-6-13/h2-6,9-11,14,17H,7-8H2,1H3,(H,20,21). The van der Waals surface area contributed by atoms with Crippen LogP contribution in [0, 0.1) is 12.8 Å². The summed E-state index contributed by atoms with van der Waals surface area (Å²) in [4.78, 5) is 12.5. The van der Waals surface area contributed by atoms with Crippen LogP contribution in [0.25, 0.3) is 0 Å². The summed E-state index contributed by atoms with van der Waals surface area (Å²) in [6, 6.07) is 16.2. The molecule has 21 heavy (non-hydrogen) atoms. The van der Waals surface area contributed by atoms with Gasteiger partial charge in [0.1, 0.15) is 0 Å². The van der Waals surface area contributed by atoms with Crippen molar-refractivity contribution in [2.24, 2.45) is 5.92 Å². The van der Waals surface area contributed by atoms with Crippen LogP contribution in [0.3, 0.4) is 0 Å². The number of carbonyl (C=O) groups excluding carboxylic acids is 1. The highest BCUT2D eigenvalue weighted by atomic mass is 79.9. The molecule has 2 aromatic carbocycles. The van der Waals surface area contributed by atoms with Gasteiger partial charge in [0.05, 0.1) is 6.04 Å². The van der Waals surface area contributed by atoms with E-state index in [1.165, 1.54) is 18.4 Å². The maximum absolute atomic E-state index is 12.5. The van der Waals surface area contributed by atoms with E-state index in [0.29, 0.717) is 11.5 Å². The first-order chi connectivity index (χ1) is 10.1. The summed E-state index contributed by atoms with van der Waals surface area (Å²) in [6.45, 7) is 2.00. The van der Waals surface area contributed by atoms with E-state index in [0.717, 1.165) is 10.0 Å². The van der Waals surface area contributed by atoms with E-state index in [4.69, 9.17) is 0 Å². The quantitative estimate of drug-likeness (QED) is 0.860. The molecule has 0 saturated heterocycles. The number of rotatable bonds is 4. The molecule has 2 nitrogen and oxygen atoms in total. The number of hydrogen-bond acceptors (Lipinski definition) is 1. The van der Waals surface area contributed by atoms with Gasteiger partial charge in [0.2, 0.25) is 0 Å². The van der Waals surface area contributed by atoms with Gasteiger partial charge in [-0.15, -0.1) is 0 Å². The van der Waals surface area contributed by atoms with Crippen LogP contribution in [0.4, 0.5) is 0 Å². The number of aryl methyl sites for hydroxylation is 1. The maximum Gasteiger partial charge on any atom is 0.251 e. The van der Waals surface area contributed by atoms with Crippen LogP contribution in [0.2, 0.25) is 0 Å². The van der Waals surface area contributed by atoms with Crippen LogP contribution >= 0.6 is 15.9 Å². The highest BCUT2D eigenvalue weighted by Gasteiger charge is 2.33. The molecule has 1 fully saturated rings. The number of benzene rings is 2. The van der Waals surface area contributed by atoms with Crippen LogP contribution in [-0.4, -0.2) is 5.91 Å². The molecule has 1 atom stereocenters. The van der Waals surface area contributed by atoms with Gasteiger partial charge in [-0.3, -0.25) is 4.79 Å². The zero-order chi connectivity index (χ0) is 14.8. The molecule has 0 heterocycles. The van der Waals surface area contributed by atoms with Crippen molar-refractivity contribution in [2.75, 3.05) is 0 Å².